The summed E-state index contributed by atoms with van der Waals surface area (Å²) in [6.07, 6.45) is 1.77. The molecule has 1 saturated heterocycles. The molecule has 3 atom stereocenters. The quantitative estimate of drug-likeness (QED) is 0.436. The molecular formula is C14H20N4O3. The molecule has 2 fully saturated rings. The van der Waals surface area contributed by atoms with Gasteiger partial charge in [0.05, 0.1) is 11.0 Å². The third-order valence-corrected chi connectivity index (χ3v) is 4.76. The Hall–Kier alpha value is -1.70. The number of aliphatic hydroxyl groups is 1. The van der Waals surface area contributed by atoms with Gasteiger partial charge in [0.2, 0.25) is 0 Å². The van der Waals surface area contributed by atoms with Crippen molar-refractivity contribution in [1.82, 2.24) is 4.90 Å². The van der Waals surface area contributed by atoms with Crippen LogP contribution in [0.5, 0.6) is 0 Å². The van der Waals surface area contributed by atoms with Gasteiger partial charge < -0.3 is 10.5 Å². The lowest BCUT2D eigenvalue weighted by Gasteiger charge is -2.19. The SMILES string of the molecule is NNc1c(CN2CC3CCC(O)C3C2)cccc1[N+](=O)[O-]. The summed E-state index contributed by atoms with van der Waals surface area (Å²) in [5.74, 6) is 6.36. The second-order valence-corrected chi connectivity index (χ2v) is 5.98. The van der Waals surface area contributed by atoms with Gasteiger partial charge in [0, 0.05) is 31.6 Å². The summed E-state index contributed by atoms with van der Waals surface area (Å²) >= 11 is 0. The lowest BCUT2D eigenvalue weighted by atomic mass is 10.00. The van der Waals surface area contributed by atoms with Gasteiger partial charge >= 0.3 is 0 Å². The molecule has 0 amide bonds. The fourth-order valence-electron chi connectivity index (χ4n) is 3.74. The summed E-state index contributed by atoms with van der Waals surface area (Å²) in [5, 5.41) is 21.0. The van der Waals surface area contributed by atoms with Crippen LogP contribution in [-0.4, -0.2) is 34.1 Å². The number of fused-ring (bicyclic) bond motifs is 1. The Balaban J connectivity index is 1.77. The van der Waals surface area contributed by atoms with E-state index in [1.807, 2.05) is 6.07 Å². The lowest BCUT2D eigenvalue weighted by molar-refractivity contribution is -0.384. The molecule has 1 saturated carbocycles. The molecule has 1 aliphatic carbocycles. The first-order valence-corrected chi connectivity index (χ1v) is 7.23. The van der Waals surface area contributed by atoms with E-state index in [1.54, 1.807) is 6.07 Å². The van der Waals surface area contributed by atoms with Crippen LogP contribution in [0.1, 0.15) is 18.4 Å². The molecule has 21 heavy (non-hydrogen) atoms. The van der Waals surface area contributed by atoms with E-state index < -0.39 is 4.92 Å². The van der Waals surface area contributed by atoms with Gasteiger partial charge in [0.1, 0.15) is 5.69 Å². The Kier molecular flexibility index (Phi) is 3.79. The Morgan fingerprint density at radius 2 is 2.24 bits per heavy atom. The number of nitrogen functional groups attached to an aromatic ring is 1. The number of rotatable bonds is 4. The van der Waals surface area contributed by atoms with Crippen molar-refractivity contribution in [3.8, 4) is 0 Å². The summed E-state index contributed by atoms with van der Waals surface area (Å²) < 4.78 is 0. The van der Waals surface area contributed by atoms with Gasteiger partial charge in [-0.1, -0.05) is 12.1 Å². The highest BCUT2D eigenvalue weighted by atomic mass is 16.6. The van der Waals surface area contributed by atoms with Gasteiger partial charge in [0.25, 0.3) is 5.69 Å². The van der Waals surface area contributed by atoms with Crippen molar-refractivity contribution in [3.05, 3.63) is 33.9 Å². The van der Waals surface area contributed by atoms with E-state index in [2.05, 4.69) is 10.3 Å². The van der Waals surface area contributed by atoms with Gasteiger partial charge in [0.15, 0.2) is 0 Å². The minimum absolute atomic E-state index is 0.00516. The molecule has 3 unspecified atom stereocenters. The molecule has 1 aromatic rings. The zero-order valence-electron chi connectivity index (χ0n) is 11.7. The minimum atomic E-state index is -0.429. The summed E-state index contributed by atoms with van der Waals surface area (Å²) in [6.45, 7) is 2.40. The van der Waals surface area contributed by atoms with Crippen LogP contribution in [0, 0.1) is 22.0 Å². The first-order chi connectivity index (χ1) is 10.1. The Morgan fingerprint density at radius 1 is 1.43 bits per heavy atom. The number of benzene rings is 1. The molecule has 7 nitrogen and oxygen atoms in total. The fourth-order valence-corrected chi connectivity index (χ4v) is 3.74. The first kappa shape index (κ1) is 14.2. The van der Waals surface area contributed by atoms with Crippen molar-refractivity contribution in [1.29, 1.82) is 0 Å². The monoisotopic (exact) mass is 292 g/mol. The topological polar surface area (TPSA) is 105 Å². The molecule has 4 N–H and O–H groups in total. The van der Waals surface area contributed by atoms with Crippen LogP contribution in [0.15, 0.2) is 18.2 Å². The van der Waals surface area contributed by atoms with E-state index >= 15 is 0 Å². The van der Waals surface area contributed by atoms with Gasteiger partial charge in [-0.2, -0.15) is 0 Å². The normalized spacial score (nSPS) is 28.6. The minimum Gasteiger partial charge on any atom is -0.393 e. The number of nitrogens with one attached hydrogen (secondary N) is 1. The third-order valence-electron chi connectivity index (χ3n) is 4.76. The number of nitrogens with zero attached hydrogens (tertiary/aromatic N) is 2. The van der Waals surface area contributed by atoms with Crippen molar-refractivity contribution in [3.63, 3.8) is 0 Å². The van der Waals surface area contributed by atoms with Crippen molar-refractivity contribution in [2.75, 3.05) is 18.5 Å². The van der Waals surface area contributed by atoms with E-state index in [-0.39, 0.29) is 11.8 Å². The van der Waals surface area contributed by atoms with Crippen LogP contribution >= 0.6 is 0 Å². The van der Waals surface area contributed by atoms with Crippen LogP contribution in [0.4, 0.5) is 11.4 Å². The average Bonchev–Trinajstić information content (AvgIpc) is 3.00. The van der Waals surface area contributed by atoms with Crippen molar-refractivity contribution in [2.24, 2.45) is 17.7 Å². The zero-order chi connectivity index (χ0) is 15.0. The highest BCUT2D eigenvalue weighted by molar-refractivity contribution is 5.65. The second kappa shape index (κ2) is 5.59. The van der Waals surface area contributed by atoms with E-state index in [1.165, 1.54) is 6.07 Å². The maximum absolute atomic E-state index is 11.0. The van der Waals surface area contributed by atoms with Crippen molar-refractivity contribution < 1.29 is 10.0 Å². The van der Waals surface area contributed by atoms with Gasteiger partial charge in [-0.15, -0.1) is 0 Å². The first-order valence-electron chi connectivity index (χ1n) is 7.23. The molecule has 114 valence electrons. The molecular weight excluding hydrogens is 272 g/mol. The summed E-state index contributed by atoms with van der Waals surface area (Å²) in [5.41, 5.74) is 3.65. The van der Waals surface area contributed by atoms with Gasteiger partial charge in [-0.25, -0.2) is 0 Å². The summed E-state index contributed by atoms with van der Waals surface area (Å²) in [4.78, 5) is 12.9. The van der Waals surface area contributed by atoms with E-state index in [0.29, 0.717) is 24.1 Å². The lowest BCUT2D eigenvalue weighted by Crippen LogP contribution is -2.25. The highest BCUT2D eigenvalue weighted by Crippen LogP contribution is 2.39. The molecule has 0 radical (unpaired) electrons. The average molecular weight is 292 g/mol. The molecule has 0 aromatic heterocycles. The number of likely N-dealkylation sites (tertiary alicyclic amines) is 1. The predicted octanol–water partition coefficient (Wildman–Crippen LogP) is 1.08. The number of nitro groups is 1. The molecule has 2 aliphatic rings. The number of para-hydroxylation sites is 1. The molecule has 0 spiro atoms. The van der Waals surface area contributed by atoms with E-state index in [9.17, 15) is 15.2 Å². The van der Waals surface area contributed by atoms with Crippen molar-refractivity contribution >= 4 is 11.4 Å². The van der Waals surface area contributed by atoms with Gasteiger partial charge in [-0.05, 0) is 24.3 Å². The largest absolute Gasteiger partial charge is 0.393 e. The molecule has 1 aliphatic heterocycles. The van der Waals surface area contributed by atoms with Gasteiger partial charge in [-0.3, -0.25) is 20.9 Å². The number of nitrogens with two attached hydrogens (primary N) is 1. The smallest absolute Gasteiger partial charge is 0.293 e. The highest BCUT2D eigenvalue weighted by Gasteiger charge is 2.41. The number of hydrazine groups is 1. The standard InChI is InChI=1S/C14H20N4O3/c15-16-14-10(2-1-3-12(14)18(20)21)7-17-6-9-4-5-13(19)11(9)8-17/h1-3,9,11,13,16,19H,4-8,15H2. The Bertz CT molecular complexity index is 551. The second-order valence-electron chi connectivity index (χ2n) is 5.98. The molecule has 1 heterocycles. The van der Waals surface area contributed by atoms with Crippen LogP contribution in [0.25, 0.3) is 0 Å². The number of hydrogen-bond donors (Lipinski definition) is 3. The maximum Gasteiger partial charge on any atom is 0.293 e. The number of hydrogen-bond acceptors (Lipinski definition) is 6. The Morgan fingerprint density at radius 3 is 2.90 bits per heavy atom. The van der Waals surface area contributed by atoms with E-state index in [4.69, 9.17) is 5.84 Å². The van der Waals surface area contributed by atoms with Crippen LogP contribution in [-0.2, 0) is 6.54 Å². The molecule has 0 bridgehead atoms. The summed E-state index contributed by atoms with van der Waals surface area (Å²) in [7, 11) is 0. The van der Waals surface area contributed by atoms with Crippen LogP contribution in [0.2, 0.25) is 0 Å². The molecule has 7 heteroatoms. The fraction of sp³-hybridized carbons (Fsp3) is 0.571. The Labute approximate surface area is 122 Å². The number of aliphatic hydroxyl groups excluding tert-OH is 1. The number of anilines is 1. The maximum atomic E-state index is 11.0. The van der Waals surface area contributed by atoms with Crippen LogP contribution < -0.4 is 11.3 Å². The number of nitro benzene ring substituents is 1. The van der Waals surface area contributed by atoms with E-state index in [0.717, 1.165) is 31.5 Å². The third kappa shape index (κ3) is 2.59. The molecule has 3 rings (SSSR count). The summed E-state index contributed by atoms with van der Waals surface area (Å²) in [6, 6.07) is 4.98. The molecule has 1 aromatic carbocycles. The van der Waals surface area contributed by atoms with Crippen LogP contribution in [0.3, 0.4) is 0 Å². The zero-order valence-corrected chi connectivity index (χ0v) is 11.7. The van der Waals surface area contributed by atoms with Crippen molar-refractivity contribution in [2.45, 2.75) is 25.5 Å². The predicted molar refractivity (Wildman–Crippen MR) is 78.4 cm³/mol.